The van der Waals surface area contributed by atoms with Crippen LogP contribution in [0.3, 0.4) is 0 Å². The highest BCUT2D eigenvalue weighted by atomic mass is 79.9. The van der Waals surface area contributed by atoms with Gasteiger partial charge >= 0.3 is 0 Å². The Hall–Kier alpha value is -0.0500. The molecule has 0 aliphatic rings. The van der Waals surface area contributed by atoms with Crippen molar-refractivity contribution in [1.82, 2.24) is 0 Å². The molecule has 0 aliphatic heterocycles. The van der Waals surface area contributed by atoms with E-state index in [1.807, 2.05) is 0 Å². The third-order valence-electron chi connectivity index (χ3n) is 2.32. The molecule has 1 aromatic heterocycles. The second-order valence-electron chi connectivity index (χ2n) is 3.19. The summed E-state index contributed by atoms with van der Waals surface area (Å²) >= 11 is 11.2. The fourth-order valence-corrected chi connectivity index (χ4v) is 3.67. The van der Waals surface area contributed by atoms with Crippen molar-refractivity contribution in [2.45, 2.75) is 19.2 Å². The first-order valence-electron chi connectivity index (χ1n) is 4.50. The highest BCUT2D eigenvalue weighted by molar-refractivity contribution is 9.10. The number of hydrogen-bond acceptors (Lipinski definition) is 1. The molecule has 0 spiro atoms. The molecule has 0 amide bonds. The standard InChI is InChI=1S/C11H10BrClS/c1-2-7-3-9(12)4-10-11(7)8(5-13)6-14-10/h3-4,6H,2,5H2,1H3. The molecule has 0 N–H and O–H groups in total. The van der Waals surface area contributed by atoms with E-state index in [1.165, 1.54) is 21.2 Å². The Morgan fingerprint density at radius 1 is 1.36 bits per heavy atom. The molecule has 0 atom stereocenters. The van der Waals surface area contributed by atoms with Crippen molar-refractivity contribution < 1.29 is 0 Å². The maximum Gasteiger partial charge on any atom is 0.0488 e. The second-order valence-corrected chi connectivity index (χ2v) is 5.28. The van der Waals surface area contributed by atoms with Crippen molar-refractivity contribution in [3.63, 3.8) is 0 Å². The summed E-state index contributed by atoms with van der Waals surface area (Å²) in [6.07, 6.45) is 1.05. The van der Waals surface area contributed by atoms with Crippen molar-refractivity contribution in [3.05, 3.63) is 33.1 Å². The van der Waals surface area contributed by atoms with E-state index < -0.39 is 0 Å². The van der Waals surface area contributed by atoms with E-state index in [0.717, 1.165) is 10.9 Å². The lowest BCUT2D eigenvalue weighted by molar-refractivity contribution is 1.15. The van der Waals surface area contributed by atoms with Gasteiger partial charge in [0.1, 0.15) is 0 Å². The zero-order valence-electron chi connectivity index (χ0n) is 7.81. The van der Waals surface area contributed by atoms with E-state index in [0.29, 0.717) is 5.88 Å². The first-order valence-corrected chi connectivity index (χ1v) is 6.71. The van der Waals surface area contributed by atoms with Gasteiger partial charge < -0.3 is 0 Å². The smallest absolute Gasteiger partial charge is 0.0488 e. The van der Waals surface area contributed by atoms with Crippen molar-refractivity contribution in [2.24, 2.45) is 0 Å². The zero-order chi connectivity index (χ0) is 10.1. The van der Waals surface area contributed by atoms with Gasteiger partial charge in [0.15, 0.2) is 0 Å². The number of benzene rings is 1. The summed E-state index contributed by atoms with van der Waals surface area (Å²) in [4.78, 5) is 0. The van der Waals surface area contributed by atoms with Crippen LogP contribution in [-0.2, 0) is 12.3 Å². The molecule has 14 heavy (non-hydrogen) atoms. The fourth-order valence-electron chi connectivity index (χ4n) is 1.66. The Balaban J connectivity index is 2.78. The molecule has 0 saturated carbocycles. The number of fused-ring (bicyclic) bond motifs is 1. The molecule has 1 heterocycles. The van der Waals surface area contributed by atoms with E-state index >= 15 is 0 Å². The second kappa shape index (κ2) is 4.21. The van der Waals surface area contributed by atoms with Crippen LogP contribution in [0.5, 0.6) is 0 Å². The molecule has 2 aromatic rings. The van der Waals surface area contributed by atoms with Crippen molar-refractivity contribution in [1.29, 1.82) is 0 Å². The minimum absolute atomic E-state index is 0.606. The molecule has 0 unspecified atom stereocenters. The van der Waals surface area contributed by atoms with Crippen LogP contribution in [0.2, 0.25) is 0 Å². The topological polar surface area (TPSA) is 0 Å². The molecule has 0 saturated heterocycles. The fraction of sp³-hybridized carbons (Fsp3) is 0.273. The van der Waals surface area contributed by atoms with Gasteiger partial charge in [0, 0.05) is 20.4 Å². The van der Waals surface area contributed by atoms with Crippen LogP contribution in [0.4, 0.5) is 0 Å². The third-order valence-corrected chi connectivity index (χ3v) is 4.05. The average Bonchev–Trinajstić information content (AvgIpc) is 2.59. The molecule has 0 fully saturated rings. The molecule has 0 nitrogen and oxygen atoms in total. The van der Waals surface area contributed by atoms with Crippen LogP contribution in [-0.4, -0.2) is 0 Å². The molecular weight excluding hydrogens is 280 g/mol. The van der Waals surface area contributed by atoms with E-state index in [9.17, 15) is 0 Å². The molecule has 74 valence electrons. The number of aryl methyl sites for hydroxylation is 1. The van der Waals surface area contributed by atoms with Gasteiger partial charge in [0.25, 0.3) is 0 Å². The molecule has 2 rings (SSSR count). The van der Waals surface area contributed by atoms with Crippen LogP contribution < -0.4 is 0 Å². The van der Waals surface area contributed by atoms with Gasteiger partial charge in [-0.25, -0.2) is 0 Å². The maximum absolute atomic E-state index is 5.91. The van der Waals surface area contributed by atoms with Crippen LogP contribution in [0.1, 0.15) is 18.1 Å². The van der Waals surface area contributed by atoms with Crippen molar-refractivity contribution >= 4 is 49.0 Å². The van der Waals surface area contributed by atoms with Gasteiger partial charge in [-0.1, -0.05) is 22.9 Å². The summed E-state index contributed by atoms with van der Waals surface area (Å²) in [7, 11) is 0. The Morgan fingerprint density at radius 3 is 2.79 bits per heavy atom. The predicted octanol–water partition coefficient (Wildman–Crippen LogP) is 4.97. The summed E-state index contributed by atoms with van der Waals surface area (Å²) in [6, 6.07) is 4.35. The number of halogens is 2. The van der Waals surface area contributed by atoms with Gasteiger partial charge in [0.2, 0.25) is 0 Å². The lowest BCUT2D eigenvalue weighted by Gasteiger charge is -2.03. The molecule has 1 aromatic carbocycles. The van der Waals surface area contributed by atoms with Gasteiger partial charge in [-0.15, -0.1) is 22.9 Å². The predicted molar refractivity (Wildman–Crippen MR) is 68.5 cm³/mol. The molecule has 3 heteroatoms. The minimum atomic E-state index is 0.606. The van der Waals surface area contributed by atoms with Crippen molar-refractivity contribution in [2.75, 3.05) is 0 Å². The highest BCUT2D eigenvalue weighted by Gasteiger charge is 2.08. The normalized spacial score (nSPS) is 11.1. The quantitative estimate of drug-likeness (QED) is 0.685. The summed E-state index contributed by atoms with van der Waals surface area (Å²) < 4.78 is 2.48. The number of thiophene rings is 1. The monoisotopic (exact) mass is 288 g/mol. The average molecular weight is 290 g/mol. The van der Waals surface area contributed by atoms with E-state index in [1.54, 1.807) is 11.3 Å². The first-order chi connectivity index (χ1) is 6.76. The van der Waals surface area contributed by atoms with Crippen LogP contribution >= 0.6 is 38.9 Å². The summed E-state index contributed by atoms with van der Waals surface area (Å²) in [5, 5.41) is 3.51. The highest BCUT2D eigenvalue weighted by Crippen LogP contribution is 2.33. The summed E-state index contributed by atoms with van der Waals surface area (Å²) in [6.45, 7) is 2.18. The maximum atomic E-state index is 5.91. The SMILES string of the molecule is CCc1cc(Br)cc2scc(CCl)c12. The lowest BCUT2D eigenvalue weighted by atomic mass is 10.1. The van der Waals surface area contributed by atoms with Gasteiger partial charge in [-0.2, -0.15) is 0 Å². The summed E-state index contributed by atoms with van der Waals surface area (Å²) in [5.74, 6) is 0.606. The van der Waals surface area contributed by atoms with Crippen LogP contribution in [0.15, 0.2) is 22.0 Å². The molecule has 0 bridgehead atoms. The van der Waals surface area contributed by atoms with Gasteiger partial charge in [-0.3, -0.25) is 0 Å². The van der Waals surface area contributed by atoms with E-state index in [4.69, 9.17) is 11.6 Å². The Morgan fingerprint density at radius 2 is 2.14 bits per heavy atom. The Kier molecular flexibility index (Phi) is 3.15. The Bertz CT molecular complexity index is 462. The van der Waals surface area contributed by atoms with E-state index in [-0.39, 0.29) is 0 Å². The number of hydrogen-bond donors (Lipinski definition) is 0. The lowest BCUT2D eigenvalue weighted by Crippen LogP contribution is -1.84. The third kappa shape index (κ3) is 1.71. The van der Waals surface area contributed by atoms with Crippen molar-refractivity contribution in [3.8, 4) is 0 Å². The van der Waals surface area contributed by atoms with Gasteiger partial charge in [-0.05, 0) is 35.1 Å². The van der Waals surface area contributed by atoms with E-state index in [2.05, 4.69) is 40.4 Å². The number of alkyl halides is 1. The first kappa shape index (κ1) is 10.5. The zero-order valence-corrected chi connectivity index (χ0v) is 11.0. The molecule has 0 radical (unpaired) electrons. The molecule has 0 aliphatic carbocycles. The van der Waals surface area contributed by atoms with Gasteiger partial charge in [0.05, 0.1) is 0 Å². The number of rotatable bonds is 2. The molecular formula is C11H10BrClS. The minimum Gasteiger partial charge on any atom is -0.143 e. The largest absolute Gasteiger partial charge is 0.143 e. The van der Waals surface area contributed by atoms with Crippen LogP contribution in [0.25, 0.3) is 10.1 Å². The Labute approximate surface area is 101 Å². The summed E-state index contributed by atoms with van der Waals surface area (Å²) in [5.41, 5.74) is 2.64. The van der Waals surface area contributed by atoms with Crippen LogP contribution in [0, 0.1) is 0 Å².